The van der Waals surface area contributed by atoms with Crippen LogP contribution in [0.1, 0.15) is 13.3 Å². The highest BCUT2D eigenvalue weighted by Gasteiger charge is 2.01. The molecule has 6 heteroatoms. The van der Waals surface area contributed by atoms with E-state index in [4.69, 9.17) is 11.5 Å². The molecule has 0 aromatic heterocycles. The lowest BCUT2D eigenvalue weighted by Crippen LogP contribution is -2.30. The molecule has 0 rings (SSSR count). The SMILES string of the molecule is CCC(CNCCN)N=CC(N)=O.CN(C)C. The van der Waals surface area contributed by atoms with Crippen LogP contribution in [0.2, 0.25) is 0 Å². The Balaban J connectivity index is 0. The standard InChI is InChI=1S/C8H18N4O.C3H9N/c1-2-7(5-11-4-3-9)12-6-8(10)13;1-4(2)3/h6-7,11H,2-5,9H2,1H3,(H2,10,13);1-3H3. The Bertz CT molecular complexity index is 203. The van der Waals surface area contributed by atoms with Crippen LogP contribution < -0.4 is 16.8 Å². The van der Waals surface area contributed by atoms with Crippen LogP contribution in [0.15, 0.2) is 4.99 Å². The summed E-state index contributed by atoms with van der Waals surface area (Å²) in [6.45, 7) is 4.11. The second-order valence-corrected chi connectivity index (χ2v) is 4.08. The fraction of sp³-hybridized carbons (Fsp3) is 0.818. The van der Waals surface area contributed by atoms with Gasteiger partial charge in [-0.05, 0) is 27.6 Å². The fourth-order valence-electron chi connectivity index (χ4n) is 0.852. The Kier molecular flexibility index (Phi) is 14.2. The van der Waals surface area contributed by atoms with Gasteiger partial charge in [0.2, 0.25) is 0 Å². The van der Waals surface area contributed by atoms with E-state index in [9.17, 15) is 4.79 Å². The molecule has 0 aromatic rings. The lowest BCUT2D eigenvalue weighted by Gasteiger charge is -2.09. The number of primary amides is 1. The Morgan fingerprint density at radius 1 is 1.47 bits per heavy atom. The highest BCUT2D eigenvalue weighted by Crippen LogP contribution is 1.93. The van der Waals surface area contributed by atoms with Crippen LogP contribution in [-0.4, -0.2) is 63.8 Å². The van der Waals surface area contributed by atoms with E-state index in [1.54, 1.807) is 0 Å². The average Bonchev–Trinajstić information content (AvgIpc) is 2.22. The molecule has 102 valence electrons. The van der Waals surface area contributed by atoms with Crippen molar-refractivity contribution in [2.24, 2.45) is 16.5 Å². The van der Waals surface area contributed by atoms with Gasteiger partial charge in [0.15, 0.2) is 0 Å². The first-order valence-corrected chi connectivity index (χ1v) is 5.78. The molecular formula is C11H27N5O. The van der Waals surface area contributed by atoms with Gasteiger partial charge in [-0.3, -0.25) is 9.79 Å². The minimum atomic E-state index is -0.503. The molecule has 5 N–H and O–H groups in total. The first-order valence-electron chi connectivity index (χ1n) is 5.78. The van der Waals surface area contributed by atoms with E-state index in [-0.39, 0.29) is 6.04 Å². The molecule has 6 nitrogen and oxygen atoms in total. The number of nitrogens with one attached hydrogen (secondary N) is 1. The molecule has 0 saturated heterocycles. The van der Waals surface area contributed by atoms with Gasteiger partial charge in [0.1, 0.15) is 0 Å². The Labute approximate surface area is 104 Å². The summed E-state index contributed by atoms with van der Waals surface area (Å²) in [5.74, 6) is -0.503. The van der Waals surface area contributed by atoms with E-state index in [1.165, 1.54) is 0 Å². The van der Waals surface area contributed by atoms with Gasteiger partial charge in [0.05, 0.1) is 12.3 Å². The van der Waals surface area contributed by atoms with E-state index in [0.29, 0.717) is 6.54 Å². The van der Waals surface area contributed by atoms with Crippen LogP contribution in [-0.2, 0) is 4.79 Å². The van der Waals surface area contributed by atoms with E-state index in [1.807, 2.05) is 33.0 Å². The highest BCUT2D eigenvalue weighted by molar-refractivity contribution is 6.25. The maximum absolute atomic E-state index is 10.4. The molecule has 1 amide bonds. The zero-order valence-electron chi connectivity index (χ0n) is 11.4. The summed E-state index contributed by atoms with van der Waals surface area (Å²) in [5.41, 5.74) is 10.2. The van der Waals surface area contributed by atoms with Gasteiger partial charge in [-0.25, -0.2) is 0 Å². The topological polar surface area (TPSA) is 96.7 Å². The van der Waals surface area contributed by atoms with Crippen molar-refractivity contribution in [3.63, 3.8) is 0 Å². The van der Waals surface area contributed by atoms with Crippen molar-refractivity contribution in [3.8, 4) is 0 Å². The van der Waals surface area contributed by atoms with Gasteiger partial charge >= 0.3 is 0 Å². The number of hydrogen-bond donors (Lipinski definition) is 3. The zero-order chi connectivity index (χ0) is 13.7. The minimum Gasteiger partial charge on any atom is -0.365 e. The van der Waals surface area contributed by atoms with Crippen LogP contribution in [0.3, 0.4) is 0 Å². The van der Waals surface area contributed by atoms with Gasteiger partial charge in [-0.2, -0.15) is 0 Å². The lowest BCUT2D eigenvalue weighted by molar-refractivity contribution is -0.111. The molecular weight excluding hydrogens is 218 g/mol. The molecule has 1 unspecified atom stereocenters. The number of hydrogen-bond acceptors (Lipinski definition) is 5. The molecule has 0 aliphatic heterocycles. The zero-order valence-corrected chi connectivity index (χ0v) is 11.4. The predicted octanol–water partition coefficient (Wildman–Crippen LogP) is -0.953. The highest BCUT2D eigenvalue weighted by atomic mass is 16.1. The van der Waals surface area contributed by atoms with Crippen molar-refractivity contribution < 1.29 is 4.79 Å². The van der Waals surface area contributed by atoms with Crippen LogP contribution in [0.25, 0.3) is 0 Å². The number of carbonyl (C=O) groups excluding carboxylic acids is 1. The first kappa shape index (κ1) is 18.4. The summed E-state index contributed by atoms with van der Waals surface area (Å²) in [5, 5.41) is 3.12. The first-order chi connectivity index (χ1) is 7.93. The summed E-state index contributed by atoms with van der Waals surface area (Å²) in [6, 6.07) is 0.110. The third kappa shape index (κ3) is 21.0. The molecule has 17 heavy (non-hydrogen) atoms. The number of amides is 1. The van der Waals surface area contributed by atoms with E-state index in [2.05, 4.69) is 10.3 Å². The second-order valence-electron chi connectivity index (χ2n) is 4.08. The predicted molar refractivity (Wildman–Crippen MR) is 73.3 cm³/mol. The molecule has 0 radical (unpaired) electrons. The van der Waals surface area contributed by atoms with Gasteiger partial charge in [-0.15, -0.1) is 0 Å². The van der Waals surface area contributed by atoms with Crippen LogP contribution in [0.5, 0.6) is 0 Å². The third-order valence-electron chi connectivity index (χ3n) is 1.58. The number of rotatable bonds is 7. The molecule has 0 heterocycles. The van der Waals surface area contributed by atoms with Crippen LogP contribution in [0, 0.1) is 0 Å². The van der Waals surface area contributed by atoms with Crippen molar-refractivity contribution in [3.05, 3.63) is 0 Å². The molecule has 0 saturated carbocycles. The maximum Gasteiger partial charge on any atom is 0.259 e. The molecule has 1 atom stereocenters. The summed E-state index contributed by atoms with van der Waals surface area (Å²) in [6.07, 6.45) is 2.04. The summed E-state index contributed by atoms with van der Waals surface area (Å²) in [4.78, 5) is 16.4. The van der Waals surface area contributed by atoms with Crippen molar-refractivity contribution in [1.82, 2.24) is 10.2 Å². The van der Waals surface area contributed by atoms with Gasteiger partial charge in [-0.1, -0.05) is 6.92 Å². The van der Waals surface area contributed by atoms with Crippen molar-refractivity contribution in [2.75, 3.05) is 40.8 Å². The monoisotopic (exact) mass is 245 g/mol. The fourth-order valence-corrected chi connectivity index (χ4v) is 0.852. The van der Waals surface area contributed by atoms with Crippen molar-refractivity contribution in [1.29, 1.82) is 0 Å². The van der Waals surface area contributed by atoms with E-state index in [0.717, 1.165) is 25.7 Å². The molecule has 0 aliphatic carbocycles. The lowest BCUT2D eigenvalue weighted by atomic mass is 10.2. The van der Waals surface area contributed by atoms with Crippen LogP contribution in [0.4, 0.5) is 0 Å². The number of nitrogens with two attached hydrogens (primary N) is 2. The Morgan fingerprint density at radius 3 is 2.35 bits per heavy atom. The van der Waals surface area contributed by atoms with E-state index >= 15 is 0 Å². The average molecular weight is 245 g/mol. The summed E-state index contributed by atoms with van der Waals surface area (Å²) in [7, 11) is 6.00. The van der Waals surface area contributed by atoms with Crippen molar-refractivity contribution >= 4 is 12.1 Å². The summed E-state index contributed by atoms with van der Waals surface area (Å²) < 4.78 is 0. The maximum atomic E-state index is 10.4. The van der Waals surface area contributed by atoms with Crippen LogP contribution >= 0.6 is 0 Å². The number of aliphatic imine (C=N–C) groups is 1. The third-order valence-corrected chi connectivity index (χ3v) is 1.58. The Morgan fingerprint density at radius 2 is 2.00 bits per heavy atom. The van der Waals surface area contributed by atoms with Gasteiger partial charge < -0.3 is 21.7 Å². The van der Waals surface area contributed by atoms with Crippen molar-refractivity contribution in [2.45, 2.75) is 19.4 Å². The number of nitrogens with zero attached hydrogens (tertiary/aromatic N) is 2. The Hall–Kier alpha value is -0.980. The van der Waals surface area contributed by atoms with E-state index < -0.39 is 5.91 Å². The van der Waals surface area contributed by atoms with Gasteiger partial charge in [0.25, 0.3) is 5.91 Å². The largest absolute Gasteiger partial charge is 0.365 e. The van der Waals surface area contributed by atoms with Gasteiger partial charge in [0, 0.05) is 19.6 Å². The molecule has 0 spiro atoms. The smallest absolute Gasteiger partial charge is 0.259 e. The summed E-state index contributed by atoms with van der Waals surface area (Å²) >= 11 is 0. The number of carbonyl (C=O) groups is 1. The second kappa shape index (κ2) is 13.1. The normalized spacial score (nSPS) is 12.4. The minimum absolute atomic E-state index is 0.110. The molecule has 0 aliphatic rings. The quantitative estimate of drug-likeness (QED) is 0.398. The molecule has 0 bridgehead atoms. The molecule has 0 aromatic carbocycles. The molecule has 0 fully saturated rings.